The maximum Gasteiger partial charge on any atom is 0.156 e. The minimum atomic E-state index is -1.67. The molecule has 7 heteroatoms. The average molecular weight is 395 g/mol. The molecule has 6 nitrogen and oxygen atoms in total. The number of carbonyl (C=O) groups excluding carboxylic acids is 1. The van der Waals surface area contributed by atoms with Gasteiger partial charge in [0.1, 0.15) is 18.3 Å². The zero-order valence-corrected chi connectivity index (χ0v) is 12.8. The van der Waals surface area contributed by atoms with Crippen molar-refractivity contribution in [1.82, 2.24) is 0 Å². The number of carbonyl (C=O) groups is 1. The summed E-state index contributed by atoms with van der Waals surface area (Å²) in [6.45, 7) is -0.726. The van der Waals surface area contributed by atoms with E-state index in [1.54, 1.807) is 12.1 Å². The first kappa shape index (κ1) is 17.5. The highest BCUT2D eigenvalue weighted by Gasteiger charge is 2.32. The van der Waals surface area contributed by atoms with Crippen LogP contribution in [0.3, 0.4) is 0 Å². The van der Waals surface area contributed by atoms with Gasteiger partial charge >= 0.3 is 0 Å². The Bertz CT molecular complexity index is 439. The third kappa shape index (κ3) is 4.76. The quantitative estimate of drug-likeness (QED) is 0.370. The maximum absolute atomic E-state index is 11.9. The molecule has 1 aromatic rings. The van der Waals surface area contributed by atoms with Gasteiger partial charge in [0.15, 0.2) is 5.78 Å². The van der Waals surface area contributed by atoms with Gasteiger partial charge in [-0.2, -0.15) is 0 Å². The fourth-order valence-corrected chi connectivity index (χ4v) is 2.02. The minimum absolute atomic E-state index is 0.0249. The summed E-state index contributed by atoms with van der Waals surface area (Å²) < 4.78 is 1.03. The van der Waals surface area contributed by atoms with Gasteiger partial charge in [-0.05, 0) is 40.3 Å². The van der Waals surface area contributed by atoms with Crippen molar-refractivity contribution in [3.63, 3.8) is 0 Å². The van der Waals surface area contributed by atoms with E-state index in [0.717, 1.165) is 9.13 Å². The Hall–Kier alpha value is -0.580. The molecule has 0 aliphatic carbocycles. The number of halogens is 1. The second-order valence-electron chi connectivity index (χ2n) is 4.53. The smallest absolute Gasteiger partial charge is 0.156 e. The van der Waals surface area contributed by atoms with Crippen LogP contribution in [0.1, 0.15) is 5.56 Å². The summed E-state index contributed by atoms with van der Waals surface area (Å²) >= 11 is 2.14. The summed E-state index contributed by atoms with van der Waals surface area (Å²) in [7, 11) is 0. The summed E-state index contributed by atoms with van der Waals surface area (Å²) in [5.74, 6) is -0.456. The molecule has 0 aromatic heterocycles. The van der Waals surface area contributed by atoms with E-state index in [0.29, 0.717) is 0 Å². The first-order valence-electron chi connectivity index (χ1n) is 6.04. The van der Waals surface area contributed by atoms with Gasteiger partial charge in [0.25, 0.3) is 0 Å². The Kier molecular flexibility index (Phi) is 7.00. The summed E-state index contributed by atoms with van der Waals surface area (Å²) in [6.07, 6.45) is -4.82. The summed E-state index contributed by atoms with van der Waals surface area (Å²) in [6, 6.07) is 5.91. The molecule has 0 unspecified atom stereocenters. The van der Waals surface area contributed by atoms with E-state index in [1.807, 2.05) is 12.1 Å². The number of hydrogen-bond acceptors (Lipinski definition) is 6. The topological polar surface area (TPSA) is 124 Å². The Labute approximate surface area is 130 Å². The molecular weight excluding hydrogens is 377 g/mol. The molecule has 20 heavy (non-hydrogen) atoms. The number of aliphatic hydroxyl groups is 4. The van der Waals surface area contributed by atoms with Crippen LogP contribution in [0.4, 0.5) is 0 Å². The monoisotopic (exact) mass is 395 g/mol. The largest absolute Gasteiger partial charge is 0.394 e. The molecule has 0 spiro atoms. The van der Waals surface area contributed by atoms with Crippen LogP contribution in [-0.2, 0) is 11.2 Å². The van der Waals surface area contributed by atoms with Crippen molar-refractivity contribution >= 4 is 28.4 Å². The van der Waals surface area contributed by atoms with Gasteiger partial charge in [-0.3, -0.25) is 4.79 Å². The Morgan fingerprint density at radius 2 is 1.70 bits per heavy atom. The molecule has 1 rings (SSSR count). The lowest BCUT2D eigenvalue weighted by Crippen LogP contribution is -2.53. The molecule has 112 valence electrons. The molecule has 0 aliphatic heterocycles. The summed E-state index contributed by atoms with van der Waals surface area (Å²) in [4.78, 5) is 11.9. The molecule has 0 radical (unpaired) electrons. The van der Waals surface area contributed by atoms with Crippen molar-refractivity contribution < 1.29 is 25.2 Å². The lowest BCUT2D eigenvalue weighted by atomic mass is 9.95. The molecule has 4 atom stereocenters. The number of rotatable bonds is 7. The van der Waals surface area contributed by atoms with E-state index in [1.165, 1.54) is 0 Å². The zero-order chi connectivity index (χ0) is 15.3. The SMILES string of the molecule is N[C@@H](C(=O)Cc1ccc(I)cc1)[C@@H](O)[C@@H](O)[C@H](O)CO. The van der Waals surface area contributed by atoms with Crippen molar-refractivity contribution in [2.75, 3.05) is 6.61 Å². The number of ketones is 1. The van der Waals surface area contributed by atoms with E-state index in [2.05, 4.69) is 22.6 Å². The lowest BCUT2D eigenvalue weighted by molar-refractivity contribution is -0.128. The zero-order valence-electron chi connectivity index (χ0n) is 10.7. The highest BCUT2D eigenvalue weighted by atomic mass is 127. The Morgan fingerprint density at radius 3 is 2.20 bits per heavy atom. The molecule has 0 saturated heterocycles. The van der Waals surface area contributed by atoms with Crippen molar-refractivity contribution in [3.05, 3.63) is 33.4 Å². The van der Waals surface area contributed by atoms with E-state index in [4.69, 9.17) is 10.8 Å². The lowest BCUT2D eigenvalue weighted by Gasteiger charge is -2.25. The predicted octanol–water partition coefficient (Wildman–Crippen LogP) is -1.19. The van der Waals surface area contributed by atoms with Crippen molar-refractivity contribution in [3.8, 4) is 0 Å². The second kappa shape index (κ2) is 8.01. The van der Waals surface area contributed by atoms with Crippen LogP contribution in [0.2, 0.25) is 0 Å². The third-order valence-electron chi connectivity index (χ3n) is 2.96. The van der Waals surface area contributed by atoms with Crippen LogP contribution >= 0.6 is 22.6 Å². The average Bonchev–Trinajstić information content (AvgIpc) is 2.46. The second-order valence-corrected chi connectivity index (χ2v) is 5.77. The highest BCUT2D eigenvalue weighted by Crippen LogP contribution is 2.10. The fourth-order valence-electron chi connectivity index (χ4n) is 1.66. The Morgan fingerprint density at radius 1 is 1.15 bits per heavy atom. The van der Waals surface area contributed by atoms with Crippen LogP contribution in [0, 0.1) is 3.57 Å². The van der Waals surface area contributed by atoms with Gasteiger partial charge in [0, 0.05) is 9.99 Å². The number of benzene rings is 1. The normalized spacial score (nSPS) is 17.3. The molecule has 1 aromatic carbocycles. The van der Waals surface area contributed by atoms with Crippen molar-refractivity contribution in [2.24, 2.45) is 5.73 Å². The molecule has 6 N–H and O–H groups in total. The summed E-state index contributed by atoms with van der Waals surface area (Å²) in [5.41, 5.74) is 6.32. The van der Waals surface area contributed by atoms with Gasteiger partial charge in [-0.1, -0.05) is 12.1 Å². The highest BCUT2D eigenvalue weighted by molar-refractivity contribution is 14.1. The maximum atomic E-state index is 11.9. The van der Waals surface area contributed by atoms with Crippen LogP contribution < -0.4 is 5.73 Å². The van der Waals surface area contributed by atoms with E-state index in [-0.39, 0.29) is 6.42 Å². The number of hydrogen-bond donors (Lipinski definition) is 5. The van der Waals surface area contributed by atoms with Gasteiger partial charge in [0.05, 0.1) is 12.6 Å². The number of Topliss-reactive ketones (excluding diaryl/α,β-unsaturated/α-hetero) is 1. The van der Waals surface area contributed by atoms with Crippen molar-refractivity contribution in [2.45, 2.75) is 30.8 Å². The molecule has 0 amide bonds. The molecule has 0 saturated carbocycles. The third-order valence-corrected chi connectivity index (χ3v) is 3.68. The summed E-state index contributed by atoms with van der Waals surface area (Å²) in [5, 5.41) is 37.1. The number of nitrogens with two attached hydrogens (primary N) is 1. The molecule has 0 fully saturated rings. The van der Waals surface area contributed by atoms with Crippen molar-refractivity contribution in [1.29, 1.82) is 0 Å². The fraction of sp³-hybridized carbons (Fsp3) is 0.462. The van der Waals surface area contributed by atoms with E-state index in [9.17, 15) is 20.1 Å². The molecule has 0 heterocycles. The van der Waals surface area contributed by atoms with Crippen LogP contribution in [0.15, 0.2) is 24.3 Å². The minimum Gasteiger partial charge on any atom is -0.394 e. The van der Waals surface area contributed by atoms with Crippen LogP contribution in [-0.4, -0.2) is 57.2 Å². The van der Waals surface area contributed by atoms with E-state index >= 15 is 0 Å². The molecule has 0 bridgehead atoms. The van der Waals surface area contributed by atoms with Gasteiger partial charge in [-0.15, -0.1) is 0 Å². The first-order valence-corrected chi connectivity index (χ1v) is 7.12. The van der Waals surface area contributed by atoms with E-state index < -0.39 is 36.7 Å². The van der Waals surface area contributed by atoms with Gasteiger partial charge in [0.2, 0.25) is 0 Å². The number of aliphatic hydroxyl groups excluding tert-OH is 4. The van der Waals surface area contributed by atoms with Gasteiger partial charge < -0.3 is 26.2 Å². The van der Waals surface area contributed by atoms with Crippen LogP contribution in [0.25, 0.3) is 0 Å². The Balaban J connectivity index is 2.64. The molecule has 0 aliphatic rings. The first-order chi connectivity index (χ1) is 9.36. The van der Waals surface area contributed by atoms with Gasteiger partial charge in [-0.25, -0.2) is 0 Å². The standard InChI is InChI=1S/C13H18INO5/c14-8-3-1-7(2-4-8)5-9(17)11(15)13(20)12(19)10(18)6-16/h1-4,10-13,16,18-20H,5-6,15H2/t10-,11+,12+,13-/m1/s1. The molecular formula is C13H18INO5. The van der Waals surface area contributed by atoms with Crippen LogP contribution in [0.5, 0.6) is 0 Å². The predicted molar refractivity (Wildman–Crippen MR) is 81.0 cm³/mol.